The number of carbonyl (C=O) groups excluding carboxylic acids is 1. The smallest absolute Gasteiger partial charge is 0.349 e. The summed E-state index contributed by atoms with van der Waals surface area (Å²) in [6, 6.07) is 0. The second-order valence-corrected chi connectivity index (χ2v) is 8.18. The predicted octanol–water partition coefficient (Wildman–Crippen LogP) is 6.50. The molecule has 0 aromatic rings. The second-order valence-electron chi connectivity index (χ2n) is 7.31. The molecule has 0 heterocycles. The zero-order chi connectivity index (χ0) is 32.0. The van der Waals surface area contributed by atoms with Crippen LogP contribution in [0.1, 0.15) is 20.3 Å². The lowest BCUT2D eigenvalue weighted by molar-refractivity contribution is -0.463. The zero-order valence-corrected chi connectivity index (χ0v) is 19.5. The first-order chi connectivity index (χ1) is 16.9. The van der Waals surface area contributed by atoms with E-state index in [9.17, 15) is 83.6 Å². The fourth-order valence-electron chi connectivity index (χ4n) is 2.62. The summed E-state index contributed by atoms with van der Waals surface area (Å²) in [6.07, 6.45) is -9.58. The topological polar surface area (TPSA) is 66.8 Å². The number of hydrogen-bond donors (Lipinski definition) is 1. The lowest BCUT2D eigenvalue weighted by Gasteiger charge is -2.44. The number of rotatable bonds is 13. The summed E-state index contributed by atoms with van der Waals surface area (Å²) >= 11 is -3.25. The lowest BCUT2D eigenvalue weighted by Crippen LogP contribution is -2.75. The molecule has 0 radical (unpaired) electrons. The maximum absolute atomic E-state index is 14.5. The Kier molecular flexibility index (Phi) is 10.3. The van der Waals surface area contributed by atoms with Crippen LogP contribution in [0.3, 0.4) is 0 Å². The zero-order valence-electron chi connectivity index (χ0n) is 18.7. The van der Waals surface area contributed by atoms with Gasteiger partial charge < -0.3 is 4.84 Å². The molecule has 0 aromatic carbocycles. The molecule has 39 heavy (non-hydrogen) atoms. The molecule has 0 aliphatic rings. The van der Waals surface area contributed by atoms with Crippen LogP contribution in [0.25, 0.3) is 0 Å². The Morgan fingerprint density at radius 1 is 0.744 bits per heavy atom. The maximum Gasteiger partial charge on any atom is 0.460 e. The monoisotopic (exact) mass is 639 g/mol. The van der Waals surface area contributed by atoms with E-state index in [0.29, 0.717) is 6.92 Å². The number of nitrogens with zero attached hydrogens (tertiary/aromatic N) is 1. The Hall–Kier alpha value is -1.91. The van der Waals surface area contributed by atoms with Crippen molar-refractivity contribution in [3.8, 4) is 0 Å². The van der Waals surface area contributed by atoms with Crippen molar-refractivity contribution in [3.63, 3.8) is 0 Å². The summed E-state index contributed by atoms with van der Waals surface area (Å²) in [5.74, 6) is -64.2. The normalized spacial score (nSPS) is 16.7. The Morgan fingerprint density at radius 2 is 1.08 bits per heavy atom. The molecule has 0 aliphatic carbocycles. The standard InChI is InChI=1S/C16H14F17NO4S/c1-4-7(6(3)8(35)38-34(5-2)39(36)37)9(17,18)10(19,20)11(21,22)12(23,24)13(25,26)14(27,28)15(29,30)16(31,32)33/h7H,3-5H2,1-2H3,(H,36,37). The Morgan fingerprint density at radius 3 is 1.36 bits per heavy atom. The summed E-state index contributed by atoms with van der Waals surface area (Å²) in [5, 5.41) is 0. The van der Waals surface area contributed by atoms with Gasteiger partial charge in [-0.2, -0.15) is 74.6 Å². The summed E-state index contributed by atoms with van der Waals surface area (Å²) in [6.45, 7) is 2.96. The van der Waals surface area contributed by atoms with E-state index in [1.807, 2.05) is 0 Å². The van der Waals surface area contributed by atoms with Crippen molar-refractivity contribution in [3.05, 3.63) is 12.2 Å². The van der Waals surface area contributed by atoms with E-state index in [4.69, 9.17) is 4.55 Å². The molecule has 1 N–H and O–H groups in total. The highest BCUT2D eigenvalue weighted by molar-refractivity contribution is 7.76. The Bertz CT molecular complexity index is 949. The van der Waals surface area contributed by atoms with Crippen LogP contribution in [0.2, 0.25) is 0 Å². The Labute approximate surface area is 208 Å². The third-order valence-electron chi connectivity index (χ3n) is 4.89. The van der Waals surface area contributed by atoms with Crippen LogP contribution in [0.4, 0.5) is 74.6 Å². The molecule has 0 rings (SSSR count). The third kappa shape index (κ3) is 5.53. The van der Waals surface area contributed by atoms with Crippen LogP contribution in [0, 0.1) is 5.92 Å². The van der Waals surface area contributed by atoms with Crippen molar-refractivity contribution in [1.29, 1.82) is 0 Å². The number of alkyl halides is 17. The first-order valence-corrected chi connectivity index (χ1v) is 10.5. The van der Waals surface area contributed by atoms with Gasteiger partial charge in [0.25, 0.3) is 11.3 Å². The van der Waals surface area contributed by atoms with Gasteiger partial charge in [-0.3, -0.25) is 4.55 Å². The van der Waals surface area contributed by atoms with E-state index in [1.165, 1.54) is 0 Å². The van der Waals surface area contributed by atoms with E-state index in [2.05, 4.69) is 11.4 Å². The second kappa shape index (κ2) is 10.8. The van der Waals surface area contributed by atoms with Crippen molar-refractivity contribution >= 4 is 17.2 Å². The van der Waals surface area contributed by atoms with E-state index in [1.54, 1.807) is 0 Å². The minimum Gasteiger partial charge on any atom is -0.349 e. The molecule has 5 nitrogen and oxygen atoms in total. The molecule has 0 spiro atoms. The van der Waals surface area contributed by atoms with Gasteiger partial charge in [0.2, 0.25) is 0 Å². The van der Waals surface area contributed by atoms with Crippen LogP contribution in [-0.2, 0) is 20.9 Å². The molecule has 2 atom stereocenters. The highest BCUT2D eigenvalue weighted by Crippen LogP contribution is 2.64. The molecular weight excluding hydrogens is 625 g/mol. The molecule has 2 unspecified atom stereocenters. The van der Waals surface area contributed by atoms with Crippen molar-refractivity contribution in [2.24, 2.45) is 5.92 Å². The molecule has 232 valence electrons. The van der Waals surface area contributed by atoms with Gasteiger partial charge in [-0.25, -0.2) is 9.00 Å². The van der Waals surface area contributed by atoms with Gasteiger partial charge in [-0.15, -0.1) is 0 Å². The van der Waals surface area contributed by atoms with Crippen LogP contribution in [0.5, 0.6) is 0 Å². The van der Waals surface area contributed by atoms with Crippen molar-refractivity contribution in [2.45, 2.75) is 67.9 Å². The van der Waals surface area contributed by atoms with Crippen LogP contribution >= 0.6 is 0 Å². The molecular formula is C16H14F17NO4S. The summed E-state index contributed by atoms with van der Waals surface area (Å²) in [7, 11) is 0. The van der Waals surface area contributed by atoms with Gasteiger partial charge in [0.05, 0.1) is 5.92 Å². The molecule has 0 amide bonds. The first-order valence-electron chi connectivity index (χ1n) is 9.40. The maximum atomic E-state index is 14.5. The van der Waals surface area contributed by atoms with Crippen LogP contribution in [-0.4, -0.2) is 73.4 Å². The van der Waals surface area contributed by atoms with Gasteiger partial charge in [0.15, 0.2) is 0 Å². The van der Waals surface area contributed by atoms with E-state index in [0.717, 1.165) is 6.92 Å². The third-order valence-corrected chi connectivity index (χ3v) is 5.57. The summed E-state index contributed by atoms with van der Waals surface area (Å²) < 4.78 is 248. The minimum absolute atomic E-state index is 0.275. The van der Waals surface area contributed by atoms with Gasteiger partial charge in [0, 0.05) is 12.1 Å². The summed E-state index contributed by atoms with van der Waals surface area (Å²) in [4.78, 5) is 15.8. The average molecular weight is 639 g/mol. The van der Waals surface area contributed by atoms with Crippen molar-refractivity contribution in [1.82, 2.24) is 4.47 Å². The van der Waals surface area contributed by atoms with E-state index < -0.39 is 89.3 Å². The predicted molar refractivity (Wildman–Crippen MR) is 92.8 cm³/mol. The Balaban J connectivity index is 6.83. The number of hydrogen-bond acceptors (Lipinski definition) is 3. The van der Waals surface area contributed by atoms with Gasteiger partial charge in [-0.1, -0.05) is 13.5 Å². The van der Waals surface area contributed by atoms with E-state index >= 15 is 0 Å². The van der Waals surface area contributed by atoms with Gasteiger partial charge in [0.1, 0.15) is 0 Å². The fraction of sp³-hybridized carbons (Fsp3) is 0.812. The molecule has 23 heteroatoms. The quantitative estimate of drug-likeness (QED) is 0.108. The lowest BCUT2D eigenvalue weighted by atomic mass is 9.81. The van der Waals surface area contributed by atoms with Crippen LogP contribution in [0.15, 0.2) is 12.2 Å². The highest BCUT2D eigenvalue weighted by Gasteiger charge is 2.95. The fourth-order valence-corrected chi connectivity index (χ4v) is 2.97. The first kappa shape index (κ1) is 37.1. The molecule has 0 bridgehead atoms. The van der Waals surface area contributed by atoms with Gasteiger partial charge >= 0.3 is 53.6 Å². The number of halogens is 17. The highest BCUT2D eigenvalue weighted by atomic mass is 32.2. The molecule has 0 aromatic heterocycles. The molecule has 0 fully saturated rings. The van der Waals surface area contributed by atoms with Gasteiger partial charge in [-0.05, 0) is 17.8 Å². The van der Waals surface area contributed by atoms with Crippen molar-refractivity contribution in [2.75, 3.05) is 6.54 Å². The largest absolute Gasteiger partial charge is 0.460 e. The molecule has 0 aliphatic heterocycles. The minimum atomic E-state index is -8.79. The number of carbonyl (C=O) groups is 1. The number of hydroxylamine groups is 1. The summed E-state index contributed by atoms with van der Waals surface area (Å²) in [5.41, 5.74) is -2.08. The van der Waals surface area contributed by atoms with Crippen molar-refractivity contribution < 1.29 is 93.0 Å². The average Bonchev–Trinajstić information content (AvgIpc) is 2.75. The molecule has 0 saturated carbocycles. The SMILES string of the molecule is C=C(C(=O)ON(CC)S(=O)O)C(CC)C(F)(F)C(F)(F)C(F)(F)C(F)(F)C(F)(F)C(F)(F)C(F)(F)C(F)(F)F. The molecule has 0 saturated heterocycles. The van der Waals surface area contributed by atoms with Crippen LogP contribution < -0.4 is 0 Å². The van der Waals surface area contributed by atoms with E-state index in [-0.39, 0.29) is 4.47 Å².